The third kappa shape index (κ3) is 6.48. The van der Waals surface area contributed by atoms with E-state index in [-0.39, 0.29) is 25.0 Å². The van der Waals surface area contributed by atoms with Gasteiger partial charge in [0.15, 0.2) is 5.78 Å². The third-order valence-corrected chi connectivity index (χ3v) is 6.05. The number of Topliss-reactive ketones (excluding diaryl/α,β-unsaturated/α-hetero) is 1. The van der Waals surface area contributed by atoms with E-state index in [2.05, 4.69) is 11.0 Å². The molecule has 2 aromatic carbocycles. The topological polar surface area (TPSA) is 111 Å². The van der Waals surface area contributed by atoms with Crippen LogP contribution >= 0.6 is 0 Å². The van der Waals surface area contributed by atoms with Crippen LogP contribution in [0.5, 0.6) is 0 Å². The van der Waals surface area contributed by atoms with Crippen molar-refractivity contribution in [3.8, 4) is 6.07 Å². The van der Waals surface area contributed by atoms with Crippen molar-refractivity contribution in [2.75, 3.05) is 27.2 Å². The molecule has 0 heterocycles. The predicted octanol–water partition coefficient (Wildman–Crippen LogP) is 2.76. The molecule has 176 valence electrons. The maximum absolute atomic E-state index is 12.6. The quantitative estimate of drug-likeness (QED) is 0.476. The number of methoxy groups -OCH3 is 1. The normalized spacial score (nSPS) is 12.8. The summed E-state index contributed by atoms with van der Waals surface area (Å²) >= 11 is 0. The molecular formula is C26H32N2O5. The first-order chi connectivity index (χ1) is 15.8. The van der Waals surface area contributed by atoms with E-state index in [9.17, 15) is 25.1 Å². The average Bonchev–Trinajstić information content (AvgIpc) is 2.84. The van der Waals surface area contributed by atoms with Crippen LogP contribution in [0.1, 0.15) is 52.4 Å². The summed E-state index contributed by atoms with van der Waals surface area (Å²) < 4.78 is 4.77. The van der Waals surface area contributed by atoms with Crippen molar-refractivity contribution in [1.29, 1.82) is 5.26 Å². The van der Waals surface area contributed by atoms with Gasteiger partial charge in [-0.25, -0.2) is 4.79 Å². The molecule has 0 fully saturated rings. The molecular weight excluding hydrogens is 420 g/mol. The van der Waals surface area contributed by atoms with Crippen molar-refractivity contribution in [3.63, 3.8) is 0 Å². The molecule has 2 aromatic rings. The molecule has 7 nitrogen and oxygen atoms in total. The monoisotopic (exact) mass is 452 g/mol. The predicted molar refractivity (Wildman–Crippen MR) is 124 cm³/mol. The van der Waals surface area contributed by atoms with E-state index in [4.69, 9.17) is 4.74 Å². The zero-order valence-corrected chi connectivity index (χ0v) is 19.5. The van der Waals surface area contributed by atoms with Gasteiger partial charge in [0.25, 0.3) is 0 Å². The number of ether oxygens (including phenoxy) is 1. The third-order valence-electron chi connectivity index (χ3n) is 6.05. The van der Waals surface area contributed by atoms with E-state index < -0.39 is 5.41 Å². The highest BCUT2D eigenvalue weighted by atomic mass is 16.5. The highest BCUT2D eigenvalue weighted by molar-refractivity contribution is 5.91. The van der Waals surface area contributed by atoms with Crippen molar-refractivity contribution in [1.82, 2.24) is 4.90 Å². The first-order valence-corrected chi connectivity index (χ1v) is 10.9. The van der Waals surface area contributed by atoms with Gasteiger partial charge in [-0.2, -0.15) is 5.26 Å². The molecule has 0 aliphatic carbocycles. The maximum Gasteiger partial charge on any atom is 0.337 e. The molecule has 0 saturated carbocycles. The van der Waals surface area contributed by atoms with Gasteiger partial charge < -0.3 is 19.8 Å². The largest absolute Gasteiger partial charge is 0.465 e. The number of benzene rings is 2. The zero-order chi connectivity index (χ0) is 24.4. The SMILES string of the molecule is COC(=O)c1cccc(CCN(C)CCCC(C#N)(C(C)=O)c2ccc(CO)c(CO)c2)c1. The molecule has 0 radical (unpaired) electrons. The van der Waals surface area contributed by atoms with E-state index in [1.807, 2.05) is 25.2 Å². The maximum atomic E-state index is 12.6. The van der Waals surface area contributed by atoms with Gasteiger partial charge in [-0.15, -0.1) is 0 Å². The van der Waals surface area contributed by atoms with Crippen LogP contribution in [0.3, 0.4) is 0 Å². The molecule has 0 saturated heterocycles. The Morgan fingerprint density at radius 1 is 1.09 bits per heavy atom. The van der Waals surface area contributed by atoms with Crippen LogP contribution < -0.4 is 0 Å². The lowest BCUT2D eigenvalue weighted by Gasteiger charge is -2.26. The number of hydrogen-bond donors (Lipinski definition) is 2. The van der Waals surface area contributed by atoms with Crippen LogP contribution in [0.4, 0.5) is 0 Å². The fourth-order valence-electron chi connectivity index (χ4n) is 3.93. The molecule has 1 unspecified atom stereocenters. The second-order valence-corrected chi connectivity index (χ2v) is 8.22. The summed E-state index contributed by atoms with van der Waals surface area (Å²) in [5.41, 5.74) is 1.89. The fourth-order valence-corrected chi connectivity index (χ4v) is 3.93. The summed E-state index contributed by atoms with van der Waals surface area (Å²) in [6, 6.07) is 14.5. The fraction of sp³-hybridized carbons (Fsp3) is 0.423. The molecule has 7 heteroatoms. The van der Waals surface area contributed by atoms with Crippen molar-refractivity contribution < 1.29 is 24.5 Å². The van der Waals surface area contributed by atoms with Crippen LogP contribution in [-0.4, -0.2) is 54.1 Å². The first kappa shape index (κ1) is 26.2. The molecule has 0 bridgehead atoms. The molecule has 0 aliphatic heterocycles. The minimum Gasteiger partial charge on any atom is -0.465 e. The molecule has 1 atom stereocenters. The highest BCUT2D eigenvalue weighted by Crippen LogP contribution is 2.32. The molecule has 33 heavy (non-hydrogen) atoms. The second-order valence-electron chi connectivity index (χ2n) is 8.22. The van der Waals surface area contributed by atoms with Crippen LogP contribution in [0, 0.1) is 11.3 Å². The van der Waals surface area contributed by atoms with Gasteiger partial charge in [-0.1, -0.05) is 30.3 Å². The Labute approximate surface area is 195 Å². The first-order valence-electron chi connectivity index (χ1n) is 10.9. The number of rotatable bonds is 12. The molecule has 0 amide bonds. The van der Waals surface area contributed by atoms with Crippen LogP contribution in [0.25, 0.3) is 0 Å². The number of nitrogens with zero attached hydrogens (tertiary/aromatic N) is 2. The summed E-state index contributed by atoms with van der Waals surface area (Å²) in [6.07, 6.45) is 1.73. The minimum atomic E-state index is -1.30. The van der Waals surface area contributed by atoms with Crippen molar-refractivity contribution in [2.24, 2.45) is 0 Å². The van der Waals surface area contributed by atoms with Gasteiger partial charge in [-0.05, 0) is 74.2 Å². The lowest BCUT2D eigenvalue weighted by atomic mass is 9.74. The molecule has 0 aromatic heterocycles. The van der Waals surface area contributed by atoms with Crippen molar-refractivity contribution >= 4 is 11.8 Å². The Bertz CT molecular complexity index is 1010. The molecule has 0 aliphatic rings. The number of likely N-dealkylation sites (N-methyl/N-ethyl adjacent to an activating group) is 1. The summed E-state index contributed by atoms with van der Waals surface area (Å²) in [5.74, 6) is -0.605. The summed E-state index contributed by atoms with van der Waals surface area (Å²) in [5, 5.41) is 29.0. The average molecular weight is 453 g/mol. The Hall–Kier alpha value is -3.05. The summed E-state index contributed by atoms with van der Waals surface area (Å²) in [7, 11) is 3.34. The summed E-state index contributed by atoms with van der Waals surface area (Å²) in [6.45, 7) is 2.37. The second kappa shape index (κ2) is 12.3. The highest BCUT2D eigenvalue weighted by Gasteiger charge is 2.37. The van der Waals surface area contributed by atoms with E-state index in [0.29, 0.717) is 41.6 Å². The number of ketones is 1. The lowest BCUT2D eigenvalue weighted by molar-refractivity contribution is -0.120. The van der Waals surface area contributed by atoms with Crippen molar-refractivity contribution in [3.05, 3.63) is 70.3 Å². The molecule has 0 spiro atoms. The van der Waals surface area contributed by atoms with E-state index in [0.717, 1.165) is 18.5 Å². The summed E-state index contributed by atoms with van der Waals surface area (Å²) in [4.78, 5) is 26.4. The van der Waals surface area contributed by atoms with Gasteiger partial charge in [-0.3, -0.25) is 4.79 Å². The molecule has 2 rings (SSSR count). The lowest BCUT2D eigenvalue weighted by Crippen LogP contribution is -2.34. The number of esters is 1. The number of hydrogen-bond acceptors (Lipinski definition) is 7. The number of carbonyl (C=O) groups excluding carboxylic acids is 2. The van der Waals surface area contributed by atoms with Gasteiger partial charge >= 0.3 is 5.97 Å². The Kier molecular flexibility index (Phi) is 9.74. The van der Waals surface area contributed by atoms with E-state index in [1.165, 1.54) is 14.0 Å². The van der Waals surface area contributed by atoms with Gasteiger partial charge in [0.05, 0.1) is 32.0 Å². The Balaban J connectivity index is 2.03. The van der Waals surface area contributed by atoms with Crippen LogP contribution in [-0.2, 0) is 34.6 Å². The van der Waals surface area contributed by atoms with Crippen molar-refractivity contribution in [2.45, 2.75) is 44.8 Å². The number of aliphatic hydroxyl groups excluding tert-OH is 2. The van der Waals surface area contributed by atoms with E-state index in [1.54, 1.807) is 24.3 Å². The standard InChI is InChI=1S/C26H32N2O5/c1-19(31)26(18-27,24-9-8-22(16-29)23(15-24)17-30)11-5-12-28(2)13-10-20-6-4-7-21(14-20)25(32)33-3/h4,6-9,14-15,29-30H,5,10-13,16-17H2,1-3H3. The van der Waals surface area contributed by atoms with E-state index >= 15 is 0 Å². The van der Waals surface area contributed by atoms with Gasteiger partial charge in [0, 0.05) is 6.54 Å². The Morgan fingerprint density at radius 2 is 1.82 bits per heavy atom. The zero-order valence-electron chi connectivity index (χ0n) is 19.5. The minimum absolute atomic E-state index is 0.219. The smallest absolute Gasteiger partial charge is 0.337 e. The number of nitriles is 1. The number of carbonyl (C=O) groups is 2. The van der Waals surface area contributed by atoms with Gasteiger partial charge in [0.1, 0.15) is 5.41 Å². The number of aliphatic hydroxyl groups is 2. The molecule has 2 N–H and O–H groups in total. The van der Waals surface area contributed by atoms with Crippen LogP contribution in [0.2, 0.25) is 0 Å². The van der Waals surface area contributed by atoms with Gasteiger partial charge in [0.2, 0.25) is 0 Å². The van der Waals surface area contributed by atoms with Crippen LogP contribution in [0.15, 0.2) is 42.5 Å². The Morgan fingerprint density at radius 3 is 2.42 bits per heavy atom.